The molecule has 0 heterocycles. The minimum Gasteiger partial charge on any atom is -0.250 e. The normalized spacial score (nSPS) is 14.5. The third-order valence-corrected chi connectivity index (χ3v) is 4.75. The van der Waals surface area contributed by atoms with E-state index in [0.29, 0.717) is 0 Å². The Hall–Kier alpha value is 0.254. The zero-order chi connectivity index (χ0) is 18.3. The molecule has 0 aliphatic rings. The molecule has 0 aromatic heterocycles. The van der Waals surface area contributed by atoms with Crippen LogP contribution in [0.25, 0.3) is 0 Å². The molecule has 1 radical (unpaired) electrons. The Morgan fingerprint density at radius 2 is 1.58 bits per heavy atom. The third kappa shape index (κ3) is 18.6. The van der Waals surface area contributed by atoms with Crippen LogP contribution < -0.4 is 0 Å². The van der Waals surface area contributed by atoms with E-state index in [-0.39, 0.29) is 32.7 Å². The van der Waals surface area contributed by atoms with E-state index in [4.69, 9.17) is 0 Å². The molecule has 0 nitrogen and oxygen atoms in total. The molecule has 3 atom stereocenters. The van der Waals surface area contributed by atoms with E-state index in [1.807, 2.05) is 6.92 Å². The third-order valence-electron chi connectivity index (χ3n) is 4.75. The van der Waals surface area contributed by atoms with Gasteiger partial charge in [0.05, 0.1) is 0 Å². The van der Waals surface area contributed by atoms with E-state index in [1.54, 1.807) is 0 Å². The molecule has 0 rings (SSSR count). The summed E-state index contributed by atoms with van der Waals surface area (Å²) in [6, 6.07) is 0. The van der Waals surface area contributed by atoms with Crippen LogP contribution in [0.4, 0.5) is 4.39 Å². The van der Waals surface area contributed by atoms with Crippen LogP contribution in [0.15, 0.2) is 30.6 Å². The Morgan fingerprint density at radius 1 is 1.04 bits per heavy atom. The smallest absolute Gasteiger partial charge is 0 e. The van der Waals surface area contributed by atoms with Gasteiger partial charge in [0.2, 0.25) is 0 Å². The van der Waals surface area contributed by atoms with Crippen LogP contribution in [0, 0.1) is 23.8 Å². The first-order valence-corrected chi connectivity index (χ1v) is 9.40. The Labute approximate surface area is 177 Å². The van der Waals surface area contributed by atoms with Gasteiger partial charge >= 0.3 is 0 Å². The number of hydrogen-bond donors (Lipinski definition) is 0. The van der Waals surface area contributed by atoms with Crippen LogP contribution >= 0.6 is 0 Å². The van der Waals surface area contributed by atoms with E-state index in [0.717, 1.165) is 29.7 Å². The average Bonchev–Trinajstić information content (AvgIpc) is 2.57. The largest absolute Gasteiger partial charge is 0.250 e. The van der Waals surface area contributed by atoms with Crippen molar-refractivity contribution in [2.75, 3.05) is 0 Å². The van der Waals surface area contributed by atoms with E-state index in [2.05, 4.69) is 53.9 Å². The summed E-state index contributed by atoms with van der Waals surface area (Å²) in [4.78, 5) is 0. The van der Waals surface area contributed by atoms with Gasteiger partial charge in [0.15, 0.2) is 0 Å². The van der Waals surface area contributed by atoms with Crippen LogP contribution in [-0.2, 0) is 32.7 Å². The molecule has 0 amide bonds. The van der Waals surface area contributed by atoms with Crippen LogP contribution in [0.1, 0.15) is 86.5 Å². The van der Waals surface area contributed by atoms with E-state index < -0.39 is 5.83 Å². The van der Waals surface area contributed by atoms with Gasteiger partial charge in [-0.25, -0.2) is 10.5 Å². The Kier molecular flexibility index (Phi) is 23.7. The molecule has 0 bridgehead atoms. The second-order valence-corrected chi connectivity index (χ2v) is 6.87. The van der Waals surface area contributed by atoms with Crippen LogP contribution in [0.5, 0.6) is 0 Å². The molecule has 3 unspecified atom stereocenters. The summed E-state index contributed by atoms with van der Waals surface area (Å²) >= 11 is 0. The van der Waals surface area contributed by atoms with Crippen molar-refractivity contribution < 1.29 is 37.1 Å². The van der Waals surface area contributed by atoms with Gasteiger partial charge in [-0.2, -0.15) is 12.7 Å². The molecule has 24 heavy (non-hydrogen) atoms. The van der Waals surface area contributed by atoms with Crippen molar-refractivity contribution in [1.29, 1.82) is 0 Å². The van der Waals surface area contributed by atoms with Gasteiger partial charge < -0.3 is 0 Å². The number of rotatable bonds is 11. The molecule has 0 aliphatic heterocycles. The molecular weight excluding hydrogens is 372 g/mol. The van der Waals surface area contributed by atoms with Gasteiger partial charge in [0.1, 0.15) is 0 Å². The second kappa shape index (κ2) is 19.6. The molecular formula is C22H40FY-. The number of unbranched alkanes of at least 4 members (excludes halogenated alkanes) is 1. The van der Waals surface area contributed by atoms with Gasteiger partial charge in [0.25, 0.3) is 0 Å². The van der Waals surface area contributed by atoms with Gasteiger partial charge in [-0.3, -0.25) is 0 Å². The monoisotopic (exact) mass is 412 g/mol. The Balaban J connectivity index is -0.000000385. The Bertz CT molecular complexity index is 333. The summed E-state index contributed by atoms with van der Waals surface area (Å²) in [5, 5.41) is 0. The SMILES string of the molecule is C=[C-]/C(F)=C\C(=C)CC.CCCCC(C)C(C)CCC(C)CC.[Y]. The number of hydrogen-bond acceptors (Lipinski definition) is 0. The molecule has 139 valence electrons. The zero-order valence-corrected chi connectivity index (χ0v) is 20.0. The van der Waals surface area contributed by atoms with E-state index in [9.17, 15) is 4.39 Å². The molecule has 0 spiro atoms. The van der Waals surface area contributed by atoms with Crippen LogP contribution in [0.2, 0.25) is 0 Å². The summed E-state index contributed by atoms with van der Waals surface area (Å²) in [5.74, 6) is 2.34. The maximum absolute atomic E-state index is 12.2. The van der Waals surface area contributed by atoms with Crippen LogP contribution in [-0.4, -0.2) is 0 Å². The van der Waals surface area contributed by atoms with Crippen LogP contribution in [0.3, 0.4) is 0 Å². The molecule has 0 N–H and O–H groups in total. The molecule has 0 fully saturated rings. The van der Waals surface area contributed by atoms with Gasteiger partial charge in [-0.1, -0.05) is 80.1 Å². The molecule has 0 aliphatic carbocycles. The first-order chi connectivity index (χ1) is 10.8. The fourth-order valence-corrected chi connectivity index (χ4v) is 2.18. The van der Waals surface area contributed by atoms with E-state index >= 15 is 0 Å². The molecule has 0 aromatic rings. The molecule has 0 saturated heterocycles. The summed E-state index contributed by atoms with van der Waals surface area (Å²) in [6.07, 6.45) is 12.6. The van der Waals surface area contributed by atoms with E-state index in [1.165, 1.54) is 44.6 Å². The first kappa shape index (κ1) is 29.0. The molecule has 2 heteroatoms. The standard InChI is InChI=1S/C14H30.C8H10F.Y/c1-6-8-9-13(4)14(5)11-10-12(3)7-2;1-4-7(3)6-8(9)5-2;/h12-14H,6-11H2,1-5H3;6H,2-4H2,1H3;/q;-1;/b;8-6+;. The fraction of sp³-hybridized carbons (Fsp3) is 0.727. The van der Waals surface area contributed by atoms with Gasteiger partial charge in [-0.15, -0.1) is 12.2 Å². The fourth-order valence-electron chi connectivity index (χ4n) is 2.18. The quantitative estimate of drug-likeness (QED) is 0.238. The maximum Gasteiger partial charge on any atom is 0 e. The zero-order valence-electron chi connectivity index (χ0n) is 17.1. The summed E-state index contributed by atoms with van der Waals surface area (Å²) < 4.78 is 12.2. The maximum atomic E-state index is 12.2. The van der Waals surface area contributed by atoms with Gasteiger partial charge in [0, 0.05) is 32.7 Å². The first-order valence-electron chi connectivity index (χ1n) is 9.40. The molecule has 0 aromatic carbocycles. The van der Waals surface area contributed by atoms with Crippen molar-refractivity contribution >= 4 is 0 Å². The number of allylic oxidation sites excluding steroid dienone is 4. The second-order valence-electron chi connectivity index (χ2n) is 6.87. The predicted octanol–water partition coefficient (Wildman–Crippen LogP) is 8.07. The van der Waals surface area contributed by atoms with Crippen molar-refractivity contribution in [2.24, 2.45) is 17.8 Å². The Morgan fingerprint density at radius 3 is 2.00 bits per heavy atom. The molecule has 0 saturated carbocycles. The topological polar surface area (TPSA) is 0 Å². The predicted molar refractivity (Wildman–Crippen MR) is 104 cm³/mol. The van der Waals surface area contributed by atoms with Crippen molar-refractivity contribution in [3.63, 3.8) is 0 Å². The summed E-state index contributed by atoms with van der Waals surface area (Å²) in [6.45, 7) is 20.5. The van der Waals surface area contributed by atoms with Crippen molar-refractivity contribution in [3.8, 4) is 0 Å². The van der Waals surface area contributed by atoms with Crippen molar-refractivity contribution in [2.45, 2.75) is 86.5 Å². The number of halogens is 1. The summed E-state index contributed by atoms with van der Waals surface area (Å²) in [7, 11) is 0. The summed E-state index contributed by atoms with van der Waals surface area (Å²) in [5.41, 5.74) is 0.753. The van der Waals surface area contributed by atoms with Crippen molar-refractivity contribution in [3.05, 3.63) is 36.7 Å². The minimum absolute atomic E-state index is 0. The van der Waals surface area contributed by atoms with Crippen molar-refractivity contribution in [1.82, 2.24) is 0 Å². The minimum atomic E-state index is -0.443. The van der Waals surface area contributed by atoms with Gasteiger partial charge in [-0.05, 0) is 30.0 Å². The average molecular weight is 412 g/mol.